The van der Waals surface area contributed by atoms with Crippen molar-refractivity contribution in [2.75, 3.05) is 23.3 Å². The molecule has 1 aliphatic carbocycles. The molecule has 2 heterocycles. The standard InChI is InChI=1S/C25H27N3O/c29-25(27-22-15-20-6-3-4-8-24(20)26-16-22)19-9-11-23(12-10-19)28-14-13-18-5-1-2-7-21(18)17-28/h3-4,6,8-12,15-16,18,21H,1-2,5,7,13-14,17H2,(H,27,29)/t18-,21+/m0/s1. The maximum atomic E-state index is 12.7. The van der Waals surface area contributed by atoms with Crippen LogP contribution in [0.5, 0.6) is 0 Å². The van der Waals surface area contributed by atoms with Gasteiger partial charge in [-0.3, -0.25) is 9.78 Å². The molecule has 1 saturated heterocycles. The summed E-state index contributed by atoms with van der Waals surface area (Å²) < 4.78 is 0. The van der Waals surface area contributed by atoms with Crippen molar-refractivity contribution in [3.05, 3.63) is 66.4 Å². The number of amides is 1. The van der Waals surface area contributed by atoms with Crippen LogP contribution < -0.4 is 10.2 Å². The molecule has 1 amide bonds. The Hall–Kier alpha value is -2.88. The van der Waals surface area contributed by atoms with E-state index >= 15 is 0 Å². The molecule has 0 bridgehead atoms. The fourth-order valence-corrected chi connectivity index (χ4v) is 5.00. The molecule has 1 aromatic heterocycles. The molecule has 3 aromatic rings. The van der Waals surface area contributed by atoms with Crippen LogP contribution in [0.1, 0.15) is 42.5 Å². The third kappa shape index (κ3) is 3.84. The zero-order valence-corrected chi connectivity index (χ0v) is 16.7. The molecule has 2 aromatic carbocycles. The molecule has 29 heavy (non-hydrogen) atoms. The van der Waals surface area contributed by atoms with Gasteiger partial charge in [-0.05, 0) is 61.1 Å². The first kappa shape index (κ1) is 18.2. The quantitative estimate of drug-likeness (QED) is 0.647. The first-order valence-electron chi connectivity index (χ1n) is 10.8. The molecular formula is C25H27N3O. The zero-order valence-electron chi connectivity index (χ0n) is 16.7. The summed E-state index contributed by atoms with van der Waals surface area (Å²) >= 11 is 0. The summed E-state index contributed by atoms with van der Waals surface area (Å²) in [6, 6.07) is 17.9. The number of benzene rings is 2. The minimum absolute atomic E-state index is 0.0976. The first-order valence-corrected chi connectivity index (χ1v) is 10.8. The molecule has 5 rings (SSSR count). The molecule has 2 atom stereocenters. The maximum absolute atomic E-state index is 12.7. The number of piperidine rings is 1. The molecule has 2 fully saturated rings. The lowest BCUT2D eigenvalue weighted by molar-refractivity contribution is 0.102. The summed E-state index contributed by atoms with van der Waals surface area (Å²) in [7, 11) is 0. The molecule has 0 radical (unpaired) electrons. The van der Waals surface area contributed by atoms with Crippen molar-refractivity contribution < 1.29 is 4.79 Å². The second-order valence-electron chi connectivity index (χ2n) is 8.46. The number of hydrogen-bond acceptors (Lipinski definition) is 3. The van der Waals surface area contributed by atoms with Crippen LogP contribution in [-0.4, -0.2) is 24.0 Å². The number of carbonyl (C=O) groups is 1. The number of para-hydroxylation sites is 1. The summed E-state index contributed by atoms with van der Waals surface area (Å²) in [5, 5.41) is 3.99. The number of anilines is 2. The monoisotopic (exact) mass is 385 g/mol. The lowest BCUT2D eigenvalue weighted by atomic mass is 9.75. The Labute approximate surface area is 171 Å². The maximum Gasteiger partial charge on any atom is 0.255 e. The van der Waals surface area contributed by atoms with Gasteiger partial charge in [0.2, 0.25) is 0 Å². The van der Waals surface area contributed by atoms with Crippen LogP contribution in [0.2, 0.25) is 0 Å². The Morgan fingerprint density at radius 2 is 1.76 bits per heavy atom. The van der Waals surface area contributed by atoms with Crippen molar-refractivity contribution in [3.63, 3.8) is 0 Å². The topological polar surface area (TPSA) is 45.2 Å². The normalized spacial score (nSPS) is 21.6. The van der Waals surface area contributed by atoms with Crippen molar-refractivity contribution in [3.8, 4) is 0 Å². The van der Waals surface area contributed by atoms with Crippen LogP contribution in [0.15, 0.2) is 60.8 Å². The SMILES string of the molecule is O=C(Nc1cnc2ccccc2c1)c1ccc(N2CC[C@@H]3CCCC[C@@H]3C2)cc1. The first-order chi connectivity index (χ1) is 14.3. The van der Waals surface area contributed by atoms with E-state index in [1.54, 1.807) is 6.20 Å². The molecular weight excluding hydrogens is 358 g/mol. The summed E-state index contributed by atoms with van der Waals surface area (Å²) in [5.41, 5.74) is 3.56. The van der Waals surface area contributed by atoms with Crippen LogP contribution in [-0.2, 0) is 0 Å². The number of pyridine rings is 1. The number of nitrogens with one attached hydrogen (secondary N) is 1. The molecule has 1 aliphatic heterocycles. The van der Waals surface area contributed by atoms with E-state index in [1.165, 1.54) is 44.3 Å². The smallest absolute Gasteiger partial charge is 0.255 e. The zero-order chi connectivity index (χ0) is 19.6. The predicted octanol–water partition coefficient (Wildman–Crippen LogP) is 5.50. The van der Waals surface area contributed by atoms with Crippen molar-refractivity contribution in [1.82, 2.24) is 4.98 Å². The predicted molar refractivity (Wildman–Crippen MR) is 118 cm³/mol. The largest absolute Gasteiger partial charge is 0.371 e. The van der Waals surface area contributed by atoms with Gasteiger partial charge in [-0.1, -0.05) is 37.5 Å². The number of hydrogen-bond donors (Lipinski definition) is 1. The van der Waals surface area contributed by atoms with Gasteiger partial charge in [0.25, 0.3) is 5.91 Å². The Balaban J connectivity index is 1.26. The van der Waals surface area contributed by atoms with Gasteiger partial charge >= 0.3 is 0 Å². The Kier molecular flexibility index (Phi) is 4.92. The highest BCUT2D eigenvalue weighted by Crippen LogP contribution is 2.37. The van der Waals surface area contributed by atoms with E-state index in [1.807, 2.05) is 42.5 Å². The Morgan fingerprint density at radius 1 is 0.966 bits per heavy atom. The van der Waals surface area contributed by atoms with Crippen LogP contribution in [0, 0.1) is 11.8 Å². The summed E-state index contributed by atoms with van der Waals surface area (Å²) in [6.07, 6.45) is 8.61. The van der Waals surface area contributed by atoms with Gasteiger partial charge < -0.3 is 10.2 Å². The molecule has 2 aliphatic rings. The van der Waals surface area contributed by atoms with Crippen molar-refractivity contribution in [2.24, 2.45) is 11.8 Å². The van der Waals surface area contributed by atoms with Gasteiger partial charge in [-0.15, -0.1) is 0 Å². The summed E-state index contributed by atoms with van der Waals surface area (Å²) in [6.45, 7) is 2.30. The van der Waals surface area contributed by atoms with E-state index in [4.69, 9.17) is 0 Å². The van der Waals surface area contributed by atoms with Gasteiger partial charge in [0.15, 0.2) is 0 Å². The number of carbonyl (C=O) groups excluding carboxylic acids is 1. The lowest BCUT2D eigenvalue weighted by Gasteiger charge is -2.42. The lowest BCUT2D eigenvalue weighted by Crippen LogP contribution is -2.41. The Morgan fingerprint density at radius 3 is 2.62 bits per heavy atom. The minimum atomic E-state index is -0.0976. The highest BCUT2D eigenvalue weighted by atomic mass is 16.1. The average Bonchev–Trinajstić information content (AvgIpc) is 2.79. The highest BCUT2D eigenvalue weighted by Gasteiger charge is 2.31. The van der Waals surface area contributed by atoms with Gasteiger partial charge in [0.05, 0.1) is 17.4 Å². The third-order valence-corrected chi connectivity index (χ3v) is 6.63. The molecule has 4 heteroatoms. The third-order valence-electron chi connectivity index (χ3n) is 6.63. The van der Waals surface area contributed by atoms with Gasteiger partial charge in [-0.2, -0.15) is 0 Å². The molecule has 1 saturated carbocycles. The van der Waals surface area contributed by atoms with Crippen molar-refractivity contribution >= 4 is 28.2 Å². The van der Waals surface area contributed by atoms with Gasteiger partial charge in [0, 0.05) is 29.7 Å². The van der Waals surface area contributed by atoms with Crippen LogP contribution >= 0.6 is 0 Å². The molecule has 1 N–H and O–H groups in total. The number of rotatable bonds is 3. The van der Waals surface area contributed by atoms with Crippen molar-refractivity contribution in [1.29, 1.82) is 0 Å². The van der Waals surface area contributed by atoms with E-state index < -0.39 is 0 Å². The highest BCUT2D eigenvalue weighted by molar-refractivity contribution is 6.05. The second-order valence-corrected chi connectivity index (χ2v) is 8.46. The summed E-state index contributed by atoms with van der Waals surface area (Å²) in [4.78, 5) is 19.6. The van der Waals surface area contributed by atoms with Crippen LogP contribution in [0.3, 0.4) is 0 Å². The average molecular weight is 386 g/mol. The number of fused-ring (bicyclic) bond motifs is 2. The van der Waals surface area contributed by atoms with E-state index in [0.29, 0.717) is 5.56 Å². The van der Waals surface area contributed by atoms with E-state index in [9.17, 15) is 4.79 Å². The second kappa shape index (κ2) is 7.86. The Bertz CT molecular complexity index is 1010. The molecule has 4 nitrogen and oxygen atoms in total. The molecule has 0 spiro atoms. The van der Waals surface area contributed by atoms with E-state index in [2.05, 4.69) is 27.3 Å². The van der Waals surface area contributed by atoms with E-state index in [0.717, 1.165) is 35.0 Å². The van der Waals surface area contributed by atoms with Gasteiger partial charge in [0.1, 0.15) is 0 Å². The summed E-state index contributed by atoms with van der Waals surface area (Å²) in [5.74, 6) is 1.68. The number of aromatic nitrogens is 1. The minimum Gasteiger partial charge on any atom is -0.371 e. The fraction of sp³-hybridized carbons (Fsp3) is 0.360. The molecule has 0 unspecified atom stereocenters. The van der Waals surface area contributed by atoms with Crippen molar-refractivity contribution in [2.45, 2.75) is 32.1 Å². The van der Waals surface area contributed by atoms with Crippen LogP contribution in [0.4, 0.5) is 11.4 Å². The van der Waals surface area contributed by atoms with Gasteiger partial charge in [-0.25, -0.2) is 0 Å². The molecule has 148 valence electrons. The fourth-order valence-electron chi connectivity index (χ4n) is 5.00. The van der Waals surface area contributed by atoms with Crippen LogP contribution in [0.25, 0.3) is 10.9 Å². The van der Waals surface area contributed by atoms with E-state index in [-0.39, 0.29) is 5.91 Å². The number of nitrogens with zero attached hydrogens (tertiary/aromatic N) is 2.